The van der Waals surface area contributed by atoms with Crippen LogP contribution in [0, 0.1) is 25.6 Å². The van der Waals surface area contributed by atoms with Crippen molar-refractivity contribution < 1.29 is 23.8 Å². The molecule has 4 aromatic rings. The second kappa shape index (κ2) is 11.0. The SMILES string of the molecule is COc1cc(-c2cccc(-c3cccc(NC(=O)c4nccs4)c3C)c2C)cc(F)c1CN1CC(C(=O)O)C1. The number of nitrogens with zero attached hydrogens (tertiary/aromatic N) is 2. The van der Waals surface area contributed by atoms with Gasteiger partial charge >= 0.3 is 5.97 Å². The number of carboxylic acid groups (broad SMARTS) is 1. The zero-order valence-corrected chi connectivity index (χ0v) is 22.6. The lowest BCUT2D eigenvalue weighted by molar-refractivity contribution is -0.147. The number of rotatable bonds is 8. The number of amides is 1. The van der Waals surface area contributed by atoms with Crippen LogP contribution in [-0.2, 0) is 11.3 Å². The summed E-state index contributed by atoms with van der Waals surface area (Å²) in [6.45, 7) is 5.03. The monoisotopic (exact) mass is 545 g/mol. The van der Waals surface area contributed by atoms with Gasteiger partial charge in [0.1, 0.15) is 11.6 Å². The first kappa shape index (κ1) is 26.5. The average Bonchev–Trinajstić information content (AvgIpc) is 3.43. The Bertz CT molecular complexity index is 1550. The third-order valence-electron chi connectivity index (χ3n) is 7.21. The predicted octanol–water partition coefficient (Wildman–Crippen LogP) is 6.01. The summed E-state index contributed by atoms with van der Waals surface area (Å²) in [5.74, 6) is -1.46. The summed E-state index contributed by atoms with van der Waals surface area (Å²) in [6.07, 6.45) is 1.60. The van der Waals surface area contributed by atoms with E-state index in [-0.39, 0.29) is 12.5 Å². The highest BCUT2D eigenvalue weighted by molar-refractivity contribution is 7.11. The zero-order valence-electron chi connectivity index (χ0n) is 21.8. The van der Waals surface area contributed by atoms with E-state index in [4.69, 9.17) is 9.84 Å². The van der Waals surface area contributed by atoms with Gasteiger partial charge in [0.15, 0.2) is 5.01 Å². The standard InChI is InChI=1S/C30H28FN3O4S/c1-17-21(19-12-25(31)24(27(13-19)38-3)16-34-14-20(15-34)30(36)37)6-4-7-22(17)23-8-5-9-26(18(23)2)33-28(35)29-32-10-11-39-29/h4-13,20H,14-16H2,1-3H3,(H,33,35)(H,36,37). The number of carboxylic acids is 1. The third-order valence-corrected chi connectivity index (χ3v) is 7.98. The van der Waals surface area contributed by atoms with Gasteiger partial charge in [-0.15, -0.1) is 11.3 Å². The lowest BCUT2D eigenvalue weighted by atomic mass is 9.90. The minimum Gasteiger partial charge on any atom is -0.496 e. The Morgan fingerprint density at radius 3 is 2.46 bits per heavy atom. The van der Waals surface area contributed by atoms with Crippen LogP contribution in [0.5, 0.6) is 5.75 Å². The smallest absolute Gasteiger partial charge is 0.309 e. The van der Waals surface area contributed by atoms with E-state index in [0.717, 1.165) is 27.8 Å². The summed E-state index contributed by atoms with van der Waals surface area (Å²) < 4.78 is 21.0. The van der Waals surface area contributed by atoms with Crippen molar-refractivity contribution >= 4 is 28.9 Å². The molecule has 1 aromatic heterocycles. The molecule has 0 spiro atoms. The topological polar surface area (TPSA) is 91.8 Å². The Hall–Kier alpha value is -4.08. The second-order valence-corrected chi connectivity index (χ2v) is 10.5. The molecule has 7 nitrogen and oxygen atoms in total. The molecule has 3 aromatic carbocycles. The number of thiazole rings is 1. The van der Waals surface area contributed by atoms with Crippen LogP contribution in [0.1, 0.15) is 26.5 Å². The minimum atomic E-state index is -0.827. The van der Waals surface area contributed by atoms with Gasteiger partial charge in [0.25, 0.3) is 5.91 Å². The number of hydrogen-bond acceptors (Lipinski definition) is 6. The van der Waals surface area contributed by atoms with E-state index < -0.39 is 17.7 Å². The van der Waals surface area contributed by atoms with Crippen LogP contribution in [0.15, 0.2) is 60.1 Å². The number of likely N-dealkylation sites (tertiary alicyclic amines) is 1. The quantitative estimate of drug-likeness (QED) is 0.282. The van der Waals surface area contributed by atoms with Gasteiger partial charge in [0.2, 0.25) is 0 Å². The number of carbonyl (C=O) groups excluding carboxylic acids is 1. The zero-order chi connectivity index (χ0) is 27.7. The van der Waals surface area contributed by atoms with Crippen LogP contribution in [0.3, 0.4) is 0 Å². The molecule has 0 unspecified atom stereocenters. The third kappa shape index (κ3) is 5.28. The van der Waals surface area contributed by atoms with Gasteiger partial charge in [0, 0.05) is 42.5 Å². The number of methoxy groups -OCH3 is 1. The van der Waals surface area contributed by atoms with E-state index in [1.807, 2.05) is 61.2 Å². The molecular formula is C30H28FN3O4S. The number of aromatic nitrogens is 1. The van der Waals surface area contributed by atoms with E-state index in [2.05, 4.69) is 10.3 Å². The van der Waals surface area contributed by atoms with Gasteiger partial charge in [-0.2, -0.15) is 0 Å². The van der Waals surface area contributed by atoms with Crippen molar-refractivity contribution in [2.45, 2.75) is 20.4 Å². The molecule has 2 heterocycles. The average molecular weight is 546 g/mol. The Kier molecular flexibility index (Phi) is 7.45. The fraction of sp³-hybridized carbons (Fsp3) is 0.233. The van der Waals surface area contributed by atoms with Crippen LogP contribution in [-0.4, -0.2) is 47.1 Å². The van der Waals surface area contributed by atoms with E-state index >= 15 is 4.39 Å². The highest BCUT2D eigenvalue weighted by Gasteiger charge is 2.33. The summed E-state index contributed by atoms with van der Waals surface area (Å²) in [6, 6.07) is 15.0. The van der Waals surface area contributed by atoms with E-state index in [0.29, 0.717) is 40.7 Å². The van der Waals surface area contributed by atoms with Crippen LogP contribution >= 0.6 is 11.3 Å². The van der Waals surface area contributed by atoms with Crippen molar-refractivity contribution in [2.75, 3.05) is 25.5 Å². The number of benzene rings is 3. The summed E-state index contributed by atoms with van der Waals surface area (Å²) in [4.78, 5) is 29.7. The van der Waals surface area contributed by atoms with Crippen LogP contribution in [0.2, 0.25) is 0 Å². The number of halogens is 1. The molecule has 0 atom stereocenters. The highest BCUT2D eigenvalue weighted by Crippen LogP contribution is 2.38. The molecule has 1 amide bonds. The molecule has 9 heteroatoms. The summed E-state index contributed by atoms with van der Waals surface area (Å²) in [7, 11) is 1.51. The molecule has 0 bridgehead atoms. The fourth-order valence-corrected chi connectivity index (χ4v) is 5.53. The van der Waals surface area contributed by atoms with Crippen molar-refractivity contribution in [2.24, 2.45) is 5.92 Å². The van der Waals surface area contributed by atoms with E-state index in [9.17, 15) is 9.59 Å². The molecule has 200 valence electrons. The molecule has 2 N–H and O–H groups in total. The Labute approximate surface area is 229 Å². The van der Waals surface area contributed by atoms with Crippen molar-refractivity contribution in [1.82, 2.24) is 9.88 Å². The normalized spacial score (nSPS) is 13.6. The van der Waals surface area contributed by atoms with Crippen molar-refractivity contribution in [1.29, 1.82) is 0 Å². The lowest BCUT2D eigenvalue weighted by Gasteiger charge is -2.36. The fourth-order valence-electron chi connectivity index (χ4n) is 5.00. The van der Waals surface area contributed by atoms with Crippen molar-refractivity contribution in [3.63, 3.8) is 0 Å². The summed E-state index contributed by atoms with van der Waals surface area (Å²) in [5, 5.41) is 14.2. The molecule has 1 saturated heterocycles. The first-order valence-corrected chi connectivity index (χ1v) is 13.4. The number of hydrogen-bond donors (Lipinski definition) is 2. The van der Waals surface area contributed by atoms with Crippen LogP contribution in [0.25, 0.3) is 22.3 Å². The lowest BCUT2D eigenvalue weighted by Crippen LogP contribution is -2.49. The van der Waals surface area contributed by atoms with Gasteiger partial charge in [-0.25, -0.2) is 9.37 Å². The molecule has 0 saturated carbocycles. The van der Waals surface area contributed by atoms with Gasteiger partial charge in [0.05, 0.1) is 13.0 Å². The molecule has 0 radical (unpaired) electrons. The number of nitrogens with one attached hydrogen (secondary N) is 1. The Balaban J connectivity index is 1.45. The second-order valence-electron chi connectivity index (χ2n) is 9.62. The first-order chi connectivity index (χ1) is 18.8. The van der Waals surface area contributed by atoms with Gasteiger partial charge in [-0.05, 0) is 65.4 Å². The molecule has 5 rings (SSSR count). The maximum atomic E-state index is 15.4. The number of ether oxygens (including phenoxy) is 1. The first-order valence-electron chi connectivity index (χ1n) is 12.5. The van der Waals surface area contributed by atoms with E-state index in [1.165, 1.54) is 24.5 Å². The predicted molar refractivity (Wildman–Crippen MR) is 150 cm³/mol. The number of anilines is 1. The number of aliphatic carboxylic acids is 1. The van der Waals surface area contributed by atoms with Crippen LogP contribution in [0.4, 0.5) is 10.1 Å². The summed E-state index contributed by atoms with van der Waals surface area (Å²) >= 11 is 1.28. The maximum Gasteiger partial charge on any atom is 0.309 e. The van der Waals surface area contributed by atoms with E-state index in [1.54, 1.807) is 11.6 Å². The van der Waals surface area contributed by atoms with Gasteiger partial charge < -0.3 is 15.2 Å². The Morgan fingerprint density at radius 2 is 1.79 bits per heavy atom. The van der Waals surface area contributed by atoms with Crippen molar-refractivity contribution in [3.05, 3.63) is 87.6 Å². The Morgan fingerprint density at radius 1 is 1.10 bits per heavy atom. The molecular weight excluding hydrogens is 517 g/mol. The van der Waals surface area contributed by atoms with Gasteiger partial charge in [-0.1, -0.05) is 30.3 Å². The maximum absolute atomic E-state index is 15.4. The van der Waals surface area contributed by atoms with Gasteiger partial charge in [-0.3, -0.25) is 14.5 Å². The number of carbonyl (C=O) groups is 2. The molecule has 1 aliphatic rings. The highest BCUT2D eigenvalue weighted by atomic mass is 32.1. The molecule has 1 fully saturated rings. The summed E-state index contributed by atoms with van der Waals surface area (Å²) in [5.41, 5.74) is 6.47. The van der Waals surface area contributed by atoms with Crippen LogP contribution < -0.4 is 10.1 Å². The molecule has 39 heavy (non-hydrogen) atoms. The minimum absolute atomic E-state index is 0.255. The molecule has 1 aliphatic heterocycles. The molecule has 0 aliphatic carbocycles. The van der Waals surface area contributed by atoms with Crippen molar-refractivity contribution in [3.8, 4) is 28.0 Å². The largest absolute Gasteiger partial charge is 0.496 e.